The molecule has 7 nitrogen and oxygen atoms in total. The van der Waals surface area contributed by atoms with Gasteiger partial charge in [0.05, 0.1) is 11.2 Å². The van der Waals surface area contributed by atoms with Crippen LogP contribution in [0.25, 0.3) is 10.9 Å². The first kappa shape index (κ1) is 23.7. The van der Waals surface area contributed by atoms with Crippen LogP contribution in [0.4, 0.5) is 20.2 Å². The lowest BCUT2D eigenvalue weighted by Crippen LogP contribution is -2.49. The number of rotatable bonds is 5. The Balaban J connectivity index is 1.26. The summed E-state index contributed by atoms with van der Waals surface area (Å²) < 4.78 is 56.1. The number of amides is 1. The van der Waals surface area contributed by atoms with Crippen LogP contribution in [-0.4, -0.2) is 50.4 Å². The van der Waals surface area contributed by atoms with Crippen LogP contribution in [0.2, 0.25) is 0 Å². The van der Waals surface area contributed by atoms with Crippen molar-refractivity contribution in [2.24, 2.45) is 0 Å². The van der Waals surface area contributed by atoms with Crippen molar-refractivity contribution in [2.45, 2.75) is 4.90 Å². The summed E-state index contributed by atoms with van der Waals surface area (Å²) in [5.74, 6) is -1.24. The van der Waals surface area contributed by atoms with Crippen molar-refractivity contribution < 1.29 is 22.0 Å². The number of fused-ring (bicyclic) bond motifs is 1. The van der Waals surface area contributed by atoms with Gasteiger partial charge in [0.2, 0.25) is 0 Å². The molecule has 0 aliphatic carbocycles. The molecule has 184 valence electrons. The molecule has 1 aliphatic heterocycles. The number of hydrogen-bond donors (Lipinski definition) is 1. The lowest BCUT2D eigenvalue weighted by Gasteiger charge is -2.36. The van der Waals surface area contributed by atoms with Crippen LogP contribution in [0.3, 0.4) is 0 Å². The van der Waals surface area contributed by atoms with Gasteiger partial charge in [-0.1, -0.05) is 18.2 Å². The van der Waals surface area contributed by atoms with E-state index < -0.39 is 21.7 Å². The van der Waals surface area contributed by atoms with Crippen molar-refractivity contribution in [3.8, 4) is 0 Å². The zero-order valence-corrected chi connectivity index (χ0v) is 19.9. The Morgan fingerprint density at radius 3 is 2.36 bits per heavy atom. The van der Waals surface area contributed by atoms with Gasteiger partial charge in [0.15, 0.2) is 0 Å². The first-order valence-corrected chi connectivity index (χ1v) is 12.8. The topological polar surface area (TPSA) is 82.6 Å². The molecule has 1 amide bonds. The number of halogens is 2. The van der Waals surface area contributed by atoms with Crippen LogP contribution < -0.4 is 9.62 Å². The summed E-state index contributed by atoms with van der Waals surface area (Å²) in [6, 6.07) is 17.9. The number of carbonyl (C=O) groups is 1. The third-order valence-electron chi connectivity index (χ3n) is 6.09. The van der Waals surface area contributed by atoms with Crippen LogP contribution in [0.1, 0.15) is 10.4 Å². The van der Waals surface area contributed by atoms with Gasteiger partial charge in [0.1, 0.15) is 16.5 Å². The molecule has 36 heavy (non-hydrogen) atoms. The fraction of sp³-hybridized carbons (Fsp3) is 0.154. The predicted octanol–water partition coefficient (Wildman–Crippen LogP) is 4.28. The fourth-order valence-corrected chi connectivity index (χ4v) is 5.48. The van der Waals surface area contributed by atoms with E-state index in [-0.39, 0.29) is 16.5 Å². The van der Waals surface area contributed by atoms with Gasteiger partial charge in [-0.05, 0) is 48.5 Å². The minimum atomic E-state index is -3.90. The smallest absolute Gasteiger partial charge is 0.264 e. The average molecular weight is 509 g/mol. The molecule has 0 spiro atoms. The van der Waals surface area contributed by atoms with Gasteiger partial charge < -0.3 is 9.80 Å². The van der Waals surface area contributed by atoms with Crippen LogP contribution in [0, 0.1) is 11.6 Å². The van der Waals surface area contributed by atoms with Gasteiger partial charge in [0.25, 0.3) is 15.9 Å². The Morgan fingerprint density at radius 2 is 1.61 bits per heavy atom. The number of aromatic nitrogens is 1. The van der Waals surface area contributed by atoms with E-state index in [9.17, 15) is 22.0 Å². The molecule has 0 unspecified atom stereocenters. The number of para-hydroxylation sites is 1. The van der Waals surface area contributed by atoms with Crippen molar-refractivity contribution in [2.75, 3.05) is 35.8 Å². The molecule has 0 bridgehead atoms. The van der Waals surface area contributed by atoms with Gasteiger partial charge in [-0.25, -0.2) is 17.2 Å². The van der Waals surface area contributed by atoms with Crippen molar-refractivity contribution >= 4 is 38.2 Å². The van der Waals surface area contributed by atoms with Gasteiger partial charge in [-0.3, -0.25) is 14.5 Å². The summed E-state index contributed by atoms with van der Waals surface area (Å²) in [6.45, 7) is 1.42. The number of carbonyl (C=O) groups excluding carboxylic acids is 1. The highest BCUT2D eigenvalue weighted by Gasteiger charge is 2.24. The monoisotopic (exact) mass is 508 g/mol. The van der Waals surface area contributed by atoms with E-state index in [4.69, 9.17) is 0 Å². The van der Waals surface area contributed by atoms with Crippen LogP contribution in [0.5, 0.6) is 0 Å². The van der Waals surface area contributed by atoms with Crippen LogP contribution >= 0.6 is 0 Å². The van der Waals surface area contributed by atoms with Gasteiger partial charge in [0, 0.05) is 55.1 Å². The summed E-state index contributed by atoms with van der Waals surface area (Å²) in [6.07, 6.45) is 1.54. The third-order valence-corrected chi connectivity index (χ3v) is 7.50. The molecule has 0 radical (unpaired) electrons. The number of nitrogens with one attached hydrogen (secondary N) is 1. The molecular formula is C26H22F2N4O3S. The molecule has 1 aliphatic rings. The van der Waals surface area contributed by atoms with E-state index in [0.717, 1.165) is 18.2 Å². The Kier molecular flexibility index (Phi) is 6.27. The maximum Gasteiger partial charge on any atom is 0.264 e. The summed E-state index contributed by atoms with van der Waals surface area (Å²) in [7, 11) is -3.90. The van der Waals surface area contributed by atoms with Gasteiger partial charge in [-0.15, -0.1) is 0 Å². The largest absolute Gasteiger partial charge is 0.366 e. The summed E-state index contributed by atoms with van der Waals surface area (Å²) in [5.41, 5.74) is 1.26. The number of benzene rings is 3. The number of pyridine rings is 1. The number of sulfonamides is 1. The van der Waals surface area contributed by atoms with Crippen LogP contribution in [-0.2, 0) is 10.0 Å². The number of hydrogen-bond acceptors (Lipinski definition) is 5. The predicted molar refractivity (Wildman–Crippen MR) is 133 cm³/mol. The van der Waals surface area contributed by atoms with E-state index >= 15 is 0 Å². The molecule has 4 aromatic rings. The quantitative estimate of drug-likeness (QED) is 0.435. The number of piperazine rings is 1. The van der Waals surface area contributed by atoms with Crippen molar-refractivity contribution in [3.05, 3.63) is 96.2 Å². The lowest BCUT2D eigenvalue weighted by atomic mass is 10.1. The van der Waals surface area contributed by atoms with Crippen molar-refractivity contribution in [1.29, 1.82) is 0 Å². The zero-order valence-electron chi connectivity index (χ0n) is 19.1. The Morgan fingerprint density at radius 1 is 0.889 bits per heavy atom. The minimum Gasteiger partial charge on any atom is -0.366 e. The van der Waals surface area contributed by atoms with Gasteiger partial charge in [-0.2, -0.15) is 0 Å². The maximum atomic E-state index is 14.1. The van der Waals surface area contributed by atoms with E-state index in [2.05, 4.69) is 9.71 Å². The van der Waals surface area contributed by atoms with E-state index in [1.165, 1.54) is 24.4 Å². The molecule has 2 heterocycles. The van der Waals surface area contributed by atoms with E-state index in [0.29, 0.717) is 48.3 Å². The average Bonchev–Trinajstić information content (AvgIpc) is 2.89. The zero-order chi connectivity index (χ0) is 25.3. The van der Waals surface area contributed by atoms with Crippen LogP contribution in [0.15, 0.2) is 83.9 Å². The highest BCUT2D eigenvalue weighted by molar-refractivity contribution is 7.93. The normalized spacial score (nSPS) is 14.2. The fourth-order valence-electron chi connectivity index (χ4n) is 4.25. The highest BCUT2D eigenvalue weighted by atomic mass is 32.2. The van der Waals surface area contributed by atoms with Gasteiger partial charge >= 0.3 is 0 Å². The molecule has 1 saturated heterocycles. The van der Waals surface area contributed by atoms with E-state index in [1.807, 2.05) is 0 Å². The molecule has 10 heteroatoms. The first-order chi connectivity index (χ1) is 17.3. The SMILES string of the molecule is O=C(c1ccc(NS(=O)(=O)c2cccc3cccnc23)cc1)N1CCN(c2cc(F)ccc2F)CC1. The second-order valence-electron chi connectivity index (χ2n) is 8.39. The third kappa shape index (κ3) is 4.72. The molecule has 5 rings (SSSR count). The number of anilines is 2. The first-order valence-electron chi connectivity index (χ1n) is 11.3. The second-order valence-corrected chi connectivity index (χ2v) is 10.0. The Bertz CT molecular complexity index is 1530. The summed E-state index contributed by atoms with van der Waals surface area (Å²) in [4.78, 5) is 20.6. The highest BCUT2D eigenvalue weighted by Crippen LogP contribution is 2.25. The van der Waals surface area contributed by atoms with Crippen molar-refractivity contribution in [3.63, 3.8) is 0 Å². The summed E-state index contributed by atoms with van der Waals surface area (Å²) >= 11 is 0. The molecule has 1 fully saturated rings. The maximum absolute atomic E-state index is 14.1. The van der Waals surface area contributed by atoms with Crippen molar-refractivity contribution in [1.82, 2.24) is 9.88 Å². The molecule has 1 aromatic heterocycles. The molecule has 1 N–H and O–H groups in total. The minimum absolute atomic E-state index is 0.0633. The van der Waals surface area contributed by atoms with E-state index in [1.54, 1.807) is 46.2 Å². The second kappa shape index (κ2) is 9.54. The molecule has 0 saturated carbocycles. The number of nitrogens with zero attached hydrogens (tertiary/aromatic N) is 3. The molecule has 3 aromatic carbocycles. The molecular weight excluding hydrogens is 486 g/mol. The Hall–Kier alpha value is -4.05. The standard InChI is InChI=1S/C26H22F2N4O3S/c27-20-8-11-22(28)23(17-20)31-13-15-32(16-14-31)26(33)19-6-9-21(10-7-19)30-36(34,35)24-5-1-3-18-4-2-12-29-25(18)24/h1-12,17,30H,13-16H2. The lowest BCUT2D eigenvalue weighted by molar-refractivity contribution is 0.0746. The Labute approximate surface area is 207 Å². The molecule has 0 atom stereocenters. The summed E-state index contributed by atoms with van der Waals surface area (Å²) in [5, 5.41) is 0.710.